The third-order valence-corrected chi connectivity index (χ3v) is 1.46. The first kappa shape index (κ1) is 9.51. The van der Waals surface area contributed by atoms with Gasteiger partial charge in [0.25, 0.3) is 0 Å². The molecule has 0 saturated carbocycles. The van der Waals surface area contributed by atoms with Crippen molar-refractivity contribution in [3.63, 3.8) is 0 Å². The summed E-state index contributed by atoms with van der Waals surface area (Å²) in [6.45, 7) is 0.395. The van der Waals surface area contributed by atoms with Crippen LogP contribution in [-0.2, 0) is 4.79 Å². The van der Waals surface area contributed by atoms with Crippen LogP contribution in [0.3, 0.4) is 0 Å². The van der Waals surface area contributed by atoms with E-state index in [-0.39, 0.29) is 5.91 Å². The zero-order chi connectivity index (χ0) is 7.98. The van der Waals surface area contributed by atoms with Gasteiger partial charge in [0.15, 0.2) is 0 Å². The molecule has 0 fully saturated rings. The van der Waals surface area contributed by atoms with Crippen LogP contribution in [0, 0.1) is 12.3 Å². The van der Waals surface area contributed by atoms with E-state index >= 15 is 0 Å². The van der Waals surface area contributed by atoms with Gasteiger partial charge in [-0.05, 0) is 0 Å². The number of hydrogen-bond acceptors (Lipinski definition) is 1. The number of alkyl halides is 1. The average Bonchev–Trinajstić information content (AvgIpc) is 1.89. The molecule has 2 nitrogen and oxygen atoms in total. The second-order valence-electron chi connectivity index (χ2n) is 1.89. The van der Waals surface area contributed by atoms with E-state index in [9.17, 15) is 4.79 Å². The highest BCUT2D eigenvalue weighted by atomic mass is 79.9. The Morgan fingerprint density at radius 3 is 2.80 bits per heavy atom. The van der Waals surface area contributed by atoms with Gasteiger partial charge in [0.2, 0.25) is 5.91 Å². The van der Waals surface area contributed by atoms with E-state index in [2.05, 4.69) is 21.9 Å². The summed E-state index contributed by atoms with van der Waals surface area (Å²) in [7, 11) is 1.70. The Kier molecular flexibility index (Phi) is 5.05. The van der Waals surface area contributed by atoms with Gasteiger partial charge in [-0.3, -0.25) is 4.79 Å². The molecule has 0 N–H and O–H groups in total. The van der Waals surface area contributed by atoms with Crippen LogP contribution in [0.5, 0.6) is 0 Å². The highest BCUT2D eigenvalue weighted by molar-refractivity contribution is 9.09. The van der Waals surface area contributed by atoms with Gasteiger partial charge in [0.05, 0.1) is 6.54 Å². The van der Waals surface area contributed by atoms with Gasteiger partial charge in [0.1, 0.15) is 0 Å². The average molecular weight is 204 g/mol. The lowest BCUT2D eigenvalue weighted by Gasteiger charge is -2.11. The molecule has 0 bridgehead atoms. The van der Waals surface area contributed by atoms with Crippen molar-refractivity contribution in [3.05, 3.63) is 0 Å². The van der Waals surface area contributed by atoms with Crippen LogP contribution in [0.15, 0.2) is 0 Å². The van der Waals surface area contributed by atoms with E-state index in [0.717, 1.165) is 0 Å². The summed E-state index contributed by atoms with van der Waals surface area (Å²) in [6.07, 6.45) is 5.52. The Morgan fingerprint density at radius 1 is 1.80 bits per heavy atom. The van der Waals surface area contributed by atoms with Gasteiger partial charge in [-0.15, -0.1) is 6.42 Å². The number of terminal acetylenes is 1. The molecule has 0 aromatic carbocycles. The fourth-order valence-electron chi connectivity index (χ4n) is 0.497. The highest BCUT2D eigenvalue weighted by Gasteiger charge is 2.04. The number of rotatable bonds is 3. The topological polar surface area (TPSA) is 20.3 Å². The van der Waals surface area contributed by atoms with E-state index in [4.69, 9.17) is 6.42 Å². The molecular weight excluding hydrogens is 194 g/mol. The van der Waals surface area contributed by atoms with Crippen molar-refractivity contribution in [2.75, 3.05) is 18.9 Å². The standard InChI is InChI=1S/C7H10BrNO/c1-3-6-9(2)7(10)4-5-8/h1H,4-6H2,2H3. The number of hydrogen-bond donors (Lipinski definition) is 0. The molecule has 0 aliphatic heterocycles. The molecule has 10 heavy (non-hydrogen) atoms. The van der Waals surface area contributed by atoms with E-state index in [0.29, 0.717) is 18.3 Å². The van der Waals surface area contributed by atoms with Gasteiger partial charge >= 0.3 is 0 Å². The van der Waals surface area contributed by atoms with Gasteiger partial charge in [-0.2, -0.15) is 0 Å². The fraction of sp³-hybridized carbons (Fsp3) is 0.571. The lowest BCUT2D eigenvalue weighted by molar-refractivity contribution is -0.128. The molecule has 0 saturated heterocycles. The maximum Gasteiger partial charge on any atom is 0.223 e. The second-order valence-corrected chi connectivity index (χ2v) is 2.69. The maximum atomic E-state index is 10.9. The molecule has 1 amide bonds. The molecule has 3 heteroatoms. The Morgan fingerprint density at radius 2 is 2.40 bits per heavy atom. The summed E-state index contributed by atoms with van der Waals surface area (Å²) in [5.74, 6) is 2.48. The van der Waals surface area contributed by atoms with Crippen LogP contribution >= 0.6 is 15.9 Å². The molecule has 0 heterocycles. The first-order valence-electron chi connectivity index (χ1n) is 2.95. The quantitative estimate of drug-likeness (QED) is 0.493. The minimum atomic E-state index is 0.0785. The molecule has 0 aromatic heterocycles. The molecule has 0 aliphatic rings. The minimum Gasteiger partial charge on any atom is -0.335 e. The summed E-state index contributed by atoms with van der Waals surface area (Å²) in [6, 6.07) is 0. The first-order valence-corrected chi connectivity index (χ1v) is 4.08. The maximum absolute atomic E-state index is 10.9. The van der Waals surface area contributed by atoms with Crippen LogP contribution in [0.4, 0.5) is 0 Å². The van der Waals surface area contributed by atoms with Gasteiger partial charge in [-0.25, -0.2) is 0 Å². The van der Waals surface area contributed by atoms with Crippen molar-refractivity contribution in [1.82, 2.24) is 4.90 Å². The van der Waals surface area contributed by atoms with Crippen molar-refractivity contribution in [1.29, 1.82) is 0 Å². The second kappa shape index (κ2) is 5.31. The van der Waals surface area contributed by atoms with E-state index in [1.165, 1.54) is 4.90 Å². The van der Waals surface area contributed by atoms with Crippen molar-refractivity contribution in [2.24, 2.45) is 0 Å². The number of amides is 1. The SMILES string of the molecule is C#CCN(C)C(=O)CCBr. The summed E-state index contributed by atoms with van der Waals surface area (Å²) in [4.78, 5) is 12.5. The smallest absolute Gasteiger partial charge is 0.223 e. The zero-order valence-electron chi connectivity index (χ0n) is 5.93. The Balaban J connectivity index is 3.62. The third-order valence-electron chi connectivity index (χ3n) is 1.06. The Hall–Kier alpha value is -0.490. The molecule has 0 rings (SSSR count). The highest BCUT2D eigenvalue weighted by Crippen LogP contribution is 1.93. The Bertz CT molecular complexity index is 150. The molecular formula is C7H10BrNO. The monoisotopic (exact) mass is 203 g/mol. The van der Waals surface area contributed by atoms with Gasteiger partial charge in [-0.1, -0.05) is 21.9 Å². The van der Waals surface area contributed by atoms with Gasteiger partial charge < -0.3 is 4.90 Å². The number of halogens is 1. The summed E-state index contributed by atoms with van der Waals surface area (Å²) in [5.41, 5.74) is 0. The van der Waals surface area contributed by atoms with E-state index in [1.54, 1.807) is 7.05 Å². The Labute approximate surface area is 69.7 Å². The molecule has 0 unspecified atom stereocenters. The van der Waals surface area contributed by atoms with Crippen LogP contribution in [-0.4, -0.2) is 29.7 Å². The predicted molar refractivity (Wildman–Crippen MR) is 44.9 cm³/mol. The van der Waals surface area contributed by atoms with Crippen molar-refractivity contribution in [3.8, 4) is 12.3 Å². The zero-order valence-corrected chi connectivity index (χ0v) is 7.52. The molecule has 0 atom stereocenters. The third kappa shape index (κ3) is 3.52. The largest absolute Gasteiger partial charge is 0.335 e. The molecule has 0 aromatic rings. The van der Waals surface area contributed by atoms with Crippen molar-refractivity contribution in [2.45, 2.75) is 6.42 Å². The molecule has 0 spiro atoms. The molecule has 56 valence electrons. The first-order chi connectivity index (χ1) is 4.72. The normalized spacial score (nSPS) is 8.50. The molecule has 0 aliphatic carbocycles. The summed E-state index contributed by atoms with van der Waals surface area (Å²) in [5, 5.41) is 0.695. The lowest BCUT2D eigenvalue weighted by atomic mass is 10.4. The fourth-order valence-corrected chi connectivity index (χ4v) is 0.836. The van der Waals surface area contributed by atoms with Crippen molar-refractivity contribution < 1.29 is 4.79 Å². The minimum absolute atomic E-state index is 0.0785. The van der Waals surface area contributed by atoms with Crippen molar-refractivity contribution >= 4 is 21.8 Å². The van der Waals surface area contributed by atoms with Crippen LogP contribution in [0.1, 0.15) is 6.42 Å². The summed E-state index contributed by atoms with van der Waals surface area (Å²) >= 11 is 3.17. The number of nitrogens with zero attached hydrogens (tertiary/aromatic N) is 1. The lowest BCUT2D eigenvalue weighted by Crippen LogP contribution is -2.26. The number of carbonyl (C=O) groups excluding carboxylic acids is 1. The van der Waals surface area contributed by atoms with E-state index in [1.807, 2.05) is 0 Å². The van der Waals surface area contributed by atoms with Crippen LogP contribution < -0.4 is 0 Å². The number of carbonyl (C=O) groups is 1. The van der Waals surface area contributed by atoms with Crippen LogP contribution in [0.2, 0.25) is 0 Å². The van der Waals surface area contributed by atoms with Gasteiger partial charge in [0, 0.05) is 18.8 Å². The van der Waals surface area contributed by atoms with Crippen LogP contribution in [0.25, 0.3) is 0 Å². The predicted octanol–water partition coefficient (Wildman–Crippen LogP) is 0.863. The summed E-state index contributed by atoms with van der Waals surface area (Å²) < 4.78 is 0. The molecule has 0 radical (unpaired) electrons. The van der Waals surface area contributed by atoms with E-state index < -0.39 is 0 Å².